The molecule has 0 aliphatic carbocycles. The zero-order valence-electron chi connectivity index (χ0n) is 31.7. The summed E-state index contributed by atoms with van der Waals surface area (Å²) in [5.74, 6) is -1.79. The Labute approximate surface area is 304 Å². The molecule has 0 fully saturated rings. The van der Waals surface area contributed by atoms with Gasteiger partial charge >= 0.3 is 19.8 Å². The summed E-state index contributed by atoms with van der Waals surface area (Å²) in [5, 5.41) is 8.86. The van der Waals surface area contributed by atoms with Crippen LogP contribution in [0.3, 0.4) is 0 Å². The first-order valence-corrected chi connectivity index (χ1v) is 21.4. The molecule has 0 saturated carbocycles. The molecule has 0 aromatic rings. The highest BCUT2D eigenvalue weighted by atomic mass is 31.2. The van der Waals surface area contributed by atoms with E-state index in [1.54, 1.807) is 0 Å². The van der Waals surface area contributed by atoms with Gasteiger partial charge in [0.2, 0.25) is 0 Å². The van der Waals surface area contributed by atoms with E-state index in [0.717, 1.165) is 64.2 Å². The molecule has 0 heterocycles. The second-order valence-corrected chi connectivity index (χ2v) is 14.9. The van der Waals surface area contributed by atoms with Crippen LogP contribution in [-0.2, 0) is 32.7 Å². The number of carbonyl (C=O) groups is 2. The number of aliphatic carboxylic acids is 1. The lowest BCUT2D eigenvalue weighted by Gasteiger charge is -2.20. The lowest BCUT2D eigenvalue weighted by atomic mass is 10.1. The predicted octanol–water partition coefficient (Wildman–Crippen LogP) is 10.4. The van der Waals surface area contributed by atoms with E-state index in [1.807, 2.05) is 0 Å². The second-order valence-electron chi connectivity index (χ2n) is 13.4. The third-order valence-corrected chi connectivity index (χ3v) is 9.40. The second kappa shape index (κ2) is 35.8. The fourth-order valence-electron chi connectivity index (χ4n) is 5.28. The summed E-state index contributed by atoms with van der Waals surface area (Å²) in [6, 6.07) is -1.47. The summed E-state index contributed by atoms with van der Waals surface area (Å²) < 4.78 is 33.2. The van der Waals surface area contributed by atoms with Crippen LogP contribution >= 0.6 is 7.82 Å². The van der Waals surface area contributed by atoms with Crippen LogP contribution in [0.15, 0.2) is 24.3 Å². The average molecular weight is 732 g/mol. The number of phosphoric ester groups is 1. The van der Waals surface area contributed by atoms with Crippen molar-refractivity contribution in [2.45, 2.75) is 187 Å². The number of ether oxygens (including phenoxy) is 2. The topological polar surface area (TPSA) is 155 Å². The molecule has 0 aromatic heterocycles. The quantitative estimate of drug-likeness (QED) is 0.0242. The van der Waals surface area contributed by atoms with E-state index in [1.165, 1.54) is 83.5 Å². The molecule has 11 heteroatoms. The van der Waals surface area contributed by atoms with Crippen molar-refractivity contribution in [3.8, 4) is 0 Å². The highest BCUT2D eigenvalue weighted by Crippen LogP contribution is 2.43. The molecule has 4 N–H and O–H groups in total. The van der Waals surface area contributed by atoms with Gasteiger partial charge in [-0.15, -0.1) is 0 Å². The smallest absolute Gasteiger partial charge is 0.472 e. The number of carboxylic acids is 1. The molecule has 3 atom stereocenters. The Morgan fingerprint density at radius 3 is 1.58 bits per heavy atom. The van der Waals surface area contributed by atoms with Crippen molar-refractivity contribution in [2.75, 3.05) is 26.4 Å². The number of hydrogen-bond donors (Lipinski definition) is 3. The molecule has 3 unspecified atom stereocenters. The van der Waals surface area contributed by atoms with E-state index in [0.29, 0.717) is 13.0 Å². The minimum absolute atomic E-state index is 0.0113. The Balaban J connectivity index is 4.26. The summed E-state index contributed by atoms with van der Waals surface area (Å²) in [7, 11) is -4.61. The predicted molar refractivity (Wildman–Crippen MR) is 203 cm³/mol. The molecule has 0 saturated heterocycles. The maximum atomic E-state index is 12.5. The van der Waals surface area contributed by atoms with E-state index in [2.05, 4.69) is 38.2 Å². The molecule has 294 valence electrons. The molecule has 50 heavy (non-hydrogen) atoms. The van der Waals surface area contributed by atoms with Crippen molar-refractivity contribution >= 4 is 19.8 Å². The van der Waals surface area contributed by atoms with Gasteiger partial charge in [-0.3, -0.25) is 18.6 Å². The minimum atomic E-state index is -4.61. The van der Waals surface area contributed by atoms with Crippen molar-refractivity contribution in [3.05, 3.63) is 24.3 Å². The van der Waals surface area contributed by atoms with Crippen LogP contribution in [0.4, 0.5) is 0 Å². The zero-order valence-corrected chi connectivity index (χ0v) is 32.6. The van der Waals surface area contributed by atoms with Crippen molar-refractivity contribution in [1.82, 2.24) is 0 Å². The summed E-state index contributed by atoms with van der Waals surface area (Å²) in [4.78, 5) is 33.4. The number of hydrogen-bond acceptors (Lipinski definition) is 8. The van der Waals surface area contributed by atoms with Crippen molar-refractivity contribution in [2.24, 2.45) is 5.73 Å². The van der Waals surface area contributed by atoms with Gasteiger partial charge in [0.25, 0.3) is 0 Å². The fraction of sp³-hybridized carbons (Fsp3) is 0.846. The Morgan fingerprint density at radius 2 is 1.06 bits per heavy atom. The van der Waals surface area contributed by atoms with Gasteiger partial charge in [-0.1, -0.05) is 134 Å². The fourth-order valence-corrected chi connectivity index (χ4v) is 6.06. The summed E-state index contributed by atoms with van der Waals surface area (Å²) in [5.41, 5.74) is 5.34. The first kappa shape index (κ1) is 48.5. The van der Waals surface area contributed by atoms with E-state index in [4.69, 9.17) is 29.4 Å². The maximum Gasteiger partial charge on any atom is 0.472 e. The number of carbonyl (C=O) groups excluding carboxylic acids is 1. The first-order chi connectivity index (χ1) is 24.2. The van der Waals surface area contributed by atoms with Crippen LogP contribution in [-0.4, -0.2) is 60.5 Å². The third kappa shape index (κ3) is 34.9. The third-order valence-electron chi connectivity index (χ3n) is 8.45. The number of phosphoric acid groups is 1. The van der Waals surface area contributed by atoms with Crippen molar-refractivity contribution < 1.29 is 42.7 Å². The lowest BCUT2D eigenvalue weighted by Crippen LogP contribution is -2.34. The van der Waals surface area contributed by atoms with Crippen LogP contribution in [0.1, 0.15) is 174 Å². The highest BCUT2D eigenvalue weighted by molar-refractivity contribution is 7.47. The van der Waals surface area contributed by atoms with Crippen molar-refractivity contribution in [3.63, 3.8) is 0 Å². The highest BCUT2D eigenvalue weighted by Gasteiger charge is 2.27. The number of esters is 1. The molecule has 0 aliphatic heterocycles. The molecule has 0 spiro atoms. The SMILES string of the molecule is CCCC/C=C\CCCCCCCC(=O)OC(COCCCCCCCC/C=C\CCCCCCCCC)COP(=O)(O)OCC(N)C(=O)O. The van der Waals surface area contributed by atoms with Crippen LogP contribution in [0.2, 0.25) is 0 Å². The van der Waals surface area contributed by atoms with Gasteiger partial charge in [-0.25, -0.2) is 4.57 Å². The van der Waals surface area contributed by atoms with Crippen molar-refractivity contribution in [1.29, 1.82) is 0 Å². The number of unbranched alkanes of at least 4 members (excludes halogenated alkanes) is 20. The van der Waals surface area contributed by atoms with Gasteiger partial charge in [0.1, 0.15) is 12.1 Å². The molecule has 0 amide bonds. The van der Waals surface area contributed by atoms with E-state index in [-0.39, 0.29) is 13.0 Å². The number of rotatable bonds is 38. The van der Waals surface area contributed by atoms with Gasteiger partial charge in [-0.2, -0.15) is 0 Å². The monoisotopic (exact) mass is 732 g/mol. The van der Waals surface area contributed by atoms with Crippen LogP contribution in [0, 0.1) is 0 Å². The Hall–Kier alpha value is -1.55. The van der Waals surface area contributed by atoms with E-state index >= 15 is 0 Å². The number of nitrogens with two attached hydrogens (primary N) is 1. The molecule has 0 radical (unpaired) electrons. The summed E-state index contributed by atoms with van der Waals surface area (Å²) in [6.07, 6.45) is 36.6. The van der Waals surface area contributed by atoms with Crippen LogP contribution in [0.25, 0.3) is 0 Å². The summed E-state index contributed by atoms with van der Waals surface area (Å²) in [6.45, 7) is 3.81. The van der Waals surface area contributed by atoms with Gasteiger partial charge in [0.15, 0.2) is 0 Å². The van der Waals surface area contributed by atoms with Gasteiger partial charge < -0.3 is 25.2 Å². The maximum absolute atomic E-state index is 12.5. The van der Waals surface area contributed by atoms with Gasteiger partial charge in [0.05, 0.1) is 19.8 Å². The first-order valence-electron chi connectivity index (χ1n) is 19.9. The lowest BCUT2D eigenvalue weighted by molar-refractivity contribution is -0.154. The average Bonchev–Trinajstić information content (AvgIpc) is 3.09. The number of allylic oxidation sites excluding steroid dienone is 4. The van der Waals surface area contributed by atoms with E-state index in [9.17, 15) is 19.0 Å². The molecular weight excluding hydrogens is 657 g/mol. The largest absolute Gasteiger partial charge is 0.480 e. The Kier molecular flexibility index (Phi) is 34.7. The molecule has 0 aliphatic rings. The van der Waals surface area contributed by atoms with Crippen LogP contribution in [0.5, 0.6) is 0 Å². The normalized spacial score (nSPS) is 14.3. The van der Waals surface area contributed by atoms with E-state index < -0.39 is 45.1 Å². The van der Waals surface area contributed by atoms with Gasteiger partial charge in [-0.05, 0) is 57.8 Å². The minimum Gasteiger partial charge on any atom is -0.480 e. The molecular formula is C39H74NO9P. The summed E-state index contributed by atoms with van der Waals surface area (Å²) >= 11 is 0. The molecule has 10 nitrogen and oxygen atoms in total. The molecule has 0 aromatic carbocycles. The Bertz CT molecular complexity index is 899. The van der Waals surface area contributed by atoms with Crippen LogP contribution < -0.4 is 5.73 Å². The standard InChI is InChI=1S/C39H74NO9P/c1-3-5-7-9-11-13-15-16-17-18-19-20-22-24-26-28-30-32-46-33-36(34-47-50(44,45)48-35-37(40)39(42)43)49-38(41)31-29-27-25-23-21-14-12-10-8-6-4-2/h10,12,17-18,36-37H,3-9,11,13-16,19-35,40H2,1-2H3,(H,42,43)(H,44,45)/b12-10-,18-17-. The molecule has 0 bridgehead atoms. The zero-order chi connectivity index (χ0) is 37.0. The molecule has 0 rings (SSSR count). The number of carboxylic acid groups (broad SMARTS) is 1. The van der Waals surface area contributed by atoms with Gasteiger partial charge in [0, 0.05) is 13.0 Å². The Morgan fingerprint density at radius 1 is 0.620 bits per heavy atom.